The zero-order chi connectivity index (χ0) is 14.0. The van der Waals surface area contributed by atoms with Gasteiger partial charge in [-0.2, -0.15) is 0 Å². The van der Waals surface area contributed by atoms with Crippen molar-refractivity contribution < 1.29 is 13.6 Å². The van der Waals surface area contributed by atoms with E-state index in [0.29, 0.717) is 16.2 Å². The Morgan fingerprint density at radius 2 is 1.79 bits per heavy atom. The van der Waals surface area contributed by atoms with E-state index in [1.54, 1.807) is 18.2 Å². The lowest BCUT2D eigenvalue weighted by Crippen LogP contribution is -2.14. The second-order valence-corrected chi connectivity index (χ2v) is 5.47. The summed E-state index contributed by atoms with van der Waals surface area (Å²) < 4.78 is 27.7. The molecule has 0 atom stereocenters. The van der Waals surface area contributed by atoms with Gasteiger partial charge in [0.25, 0.3) is 5.91 Å². The second-order valence-electron chi connectivity index (χ2n) is 3.70. The summed E-state index contributed by atoms with van der Waals surface area (Å²) in [5, 5.41) is 2.54. The van der Waals surface area contributed by atoms with Gasteiger partial charge >= 0.3 is 0 Å². The van der Waals surface area contributed by atoms with E-state index in [0.717, 1.165) is 16.6 Å². The molecule has 0 unspecified atom stereocenters. The minimum Gasteiger partial charge on any atom is -0.321 e. The molecule has 0 aliphatic heterocycles. The zero-order valence-electron chi connectivity index (χ0n) is 9.38. The normalized spacial score (nSPS) is 10.3. The van der Waals surface area contributed by atoms with Crippen molar-refractivity contribution >= 4 is 43.5 Å². The van der Waals surface area contributed by atoms with Gasteiger partial charge < -0.3 is 5.32 Å². The van der Waals surface area contributed by atoms with Crippen molar-refractivity contribution in [3.8, 4) is 0 Å². The summed E-state index contributed by atoms with van der Waals surface area (Å²) in [6, 6.07) is 7.96. The van der Waals surface area contributed by atoms with Gasteiger partial charge in [-0.15, -0.1) is 0 Å². The number of benzene rings is 2. The Labute approximate surface area is 125 Å². The van der Waals surface area contributed by atoms with E-state index < -0.39 is 17.5 Å². The highest BCUT2D eigenvalue weighted by Gasteiger charge is 2.13. The van der Waals surface area contributed by atoms with Crippen molar-refractivity contribution in [2.75, 3.05) is 5.32 Å². The van der Waals surface area contributed by atoms with E-state index in [1.165, 1.54) is 0 Å². The molecule has 0 heterocycles. The average molecular weight is 391 g/mol. The van der Waals surface area contributed by atoms with Crippen molar-refractivity contribution in [3.05, 3.63) is 62.5 Å². The number of nitrogens with one attached hydrogen (secondary N) is 1. The number of anilines is 1. The fourth-order valence-corrected chi connectivity index (χ4v) is 2.60. The molecule has 6 heteroatoms. The van der Waals surface area contributed by atoms with Crippen LogP contribution in [0.25, 0.3) is 0 Å². The van der Waals surface area contributed by atoms with E-state index in [9.17, 15) is 13.6 Å². The summed E-state index contributed by atoms with van der Waals surface area (Å²) in [6.07, 6.45) is 0. The first-order chi connectivity index (χ1) is 8.97. The van der Waals surface area contributed by atoms with E-state index in [-0.39, 0.29) is 5.56 Å². The maximum absolute atomic E-state index is 13.4. The zero-order valence-corrected chi connectivity index (χ0v) is 12.6. The third-order valence-corrected chi connectivity index (χ3v) is 3.50. The van der Waals surface area contributed by atoms with Crippen molar-refractivity contribution in [1.29, 1.82) is 0 Å². The van der Waals surface area contributed by atoms with Gasteiger partial charge in [-0.25, -0.2) is 8.78 Å². The van der Waals surface area contributed by atoms with Gasteiger partial charge in [0.15, 0.2) is 0 Å². The number of amides is 1. The summed E-state index contributed by atoms with van der Waals surface area (Å²) in [5.74, 6) is -2.26. The highest BCUT2D eigenvalue weighted by atomic mass is 79.9. The molecule has 2 aromatic rings. The molecule has 2 aromatic carbocycles. The number of hydrogen-bond donors (Lipinski definition) is 1. The first kappa shape index (κ1) is 14.1. The van der Waals surface area contributed by atoms with Crippen molar-refractivity contribution in [3.63, 3.8) is 0 Å². The number of halogens is 4. The molecule has 19 heavy (non-hydrogen) atoms. The Hall–Kier alpha value is -1.27. The van der Waals surface area contributed by atoms with Crippen LogP contribution in [-0.4, -0.2) is 5.91 Å². The van der Waals surface area contributed by atoms with Gasteiger partial charge in [0, 0.05) is 15.0 Å². The van der Waals surface area contributed by atoms with E-state index >= 15 is 0 Å². The van der Waals surface area contributed by atoms with Crippen LogP contribution in [0.4, 0.5) is 14.5 Å². The quantitative estimate of drug-likeness (QED) is 0.788. The predicted molar refractivity (Wildman–Crippen MR) is 76.2 cm³/mol. The Bertz CT molecular complexity index is 647. The molecule has 0 aromatic heterocycles. The van der Waals surface area contributed by atoms with Crippen LogP contribution in [0.15, 0.2) is 45.3 Å². The van der Waals surface area contributed by atoms with Gasteiger partial charge in [-0.3, -0.25) is 4.79 Å². The first-order valence-corrected chi connectivity index (χ1v) is 6.77. The lowest BCUT2D eigenvalue weighted by atomic mass is 10.2. The highest BCUT2D eigenvalue weighted by Crippen LogP contribution is 2.26. The Balaban J connectivity index is 2.25. The SMILES string of the molecule is O=C(Nc1ccc(Br)cc1Br)c1ccc(F)cc1F. The largest absolute Gasteiger partial charge is 0.321 e. The van der Waals surface area contributed by atoms with Crippen LogP contribution >= 0.6 is 31.9 Å². The number of carbonyl (C=O) groups is 1. The molecular weight excluding hydrogens is 384 g/mol. The van der Waals surface area contributed by atoms with Gasteiger partial charge in [0.2, 0.25) is 0 Å². The van der Waals surface area contributed by atoms with E-state index in [1.807, 2.05) is 0 Å². The van der Waals surface area contributed by atoms with Gasteiger partial charge in [-0.1, -0.05) is 15.9 Å². The molecule has 0 spiro atoms. The van der Waals surface area contributed by atoms with Gasteiger partial charge in [0.05, 0.1) is 11.3 Å². The second kappa shape index (κ2) is 5.79. The Morgan fingerprint density at radius 1 is 1.05 bits per heavy atom. The maximum Gasteiger partial charge on any atom is 0.258 e. The molecule has 2 rings (SSSR count). The number of rotatable bonds is 2. The standard InChI is InChI=1S/C13H7Br2F2NO/c14-7-1-4-12(10(15)5-7)18-13(19)9-3-2-8(16)6-11(9)17/h1-6H,(H,18,19). The molecule has 1 N–H and O–H groups in total. The van der Waals surface area contributed by atoms with E-state index in [4.69, 9.17) is 0 Å². The summed E-state index contributed by atoms with van der Waals surface area (Å²) in [4.78, 5) is 11.9. The lowest BCUT2D eigenvalue weighted by Gasteiger charge is -2.08. The smallest absolute Gasteiger partial charge is 0.258 e. The summed E-state index contributed by atoms with van der Waals surface area (Å²) in [7, 11) is 0. The predicted octanol–water partition coefficient (Wildman–Crippen LogP) is 4.74. The van der Waals surface area contributed by atoms with Crippen LogP contribution in [-0.2, 0) is 0 Å². The monoisotopic (exact) mass is 389 g/mol. The lowest BCUT2D eigenvalue weighted by molar-refractivity contribution is 0.102. The molecular formula is C13H7Br2F2NO. The third-order valence-electron chi connectivity index (χ3n) is 2.36. The van der Waals surface area contributed by atoms with E-state index in [2.05, 4.69) is 37.2 Å². The molecule has 2 nitrogen and oxygen atoms in total. The van der Waals surface area contributed by atoms with Crippen LogP contribution in [0.1, 0.15) is 10.4 Å². The van der Waals surface area contributed by atoms with Crippen LogP contribution in [0, 0.1) is 11.6 Å². The average Bonchev–Trinajstić information content (AvgIpc) is 2.32. The molecule has 0 saturated carbocycles. The highest BCUT2D eigenvalue weighted by molar-refractivity contribution is 9.11. The third kappa shape index (κ3) is 3.39. The molecule has 1 amide bonds. The summed E-state index contributed by atoms with van der Waals surface area (Å²) >= 11 is 6.56. The molecule has 0 bridgehead atoms. The van der Waals surface area contributed by atoms with Crippen LogP contribution < -0.4 is 5.32 Å². The summed E-state index contributed by atoms with van der Waals surface area (Å²) in [6.45, 7) is 0. The van der Waals surface area contributed by atoms with Crippen LogP contribution in [0.2, 0.25) is 0 Å². The fourth-order valence-electron chi connectivity index (χ4n) is 1.45. The van der Waals surface area contributed by atoms with Gasteiger partial charge in [-0.05, 0) is 46.3 Å². The minimum atomic E-state index is -0.897. The summed E-state index contributed by atoms with van der Waals surface area (Å²) in [5.41, 5.74) is 0.285. The Kier molecular flexibility index (Phi) is 4.31. The molecule has 0 aliphatic carbocycles. The fraction of sp³-hybridized carbons (Fsp3) is 0. The molecule has 98 valence electrons. The minimum absolute atomic E-state index is 0.212. The van der Waals surface area contributed by atoms with Gasteiger partial charge in [0.1, 0.15) is 11.6 Å². The van der Waals surface area contributed by atoms with Crippen LogP contribution in [0.3, 0.4) is 0 Å². The topological polar surface area (TPSA) is 29.1 Å². The molecule has 0 radical (unpaired) electrons. The maximum atomic E-state index is 13.4. The molecule has 0 saturated heterocycles. The number of carbonyl (C=O) groups excluding carboxylic acids is 1. The Morgan fingerprint density at radius 3 is 2.42 bits per heavy atom. The van der Waals surface area contributed by atoms with Crippen LogP contribution in [0.5, 0.6) is 0 Å². The molecule has 0 fully saturated rings. The number of hydrogen-bond acceptors (Lipinski definition) is 1. The van der Waals surface area contributed by atoms with Crippen molar-refractivity contribution in [2.24, 2.45) is 0 Å². The van der Waals surface area contributed by atoms with Crippen molar-refractivity contribution in [2.45, 2.75) is 0 Å². The molecule has 0 aliphatic rings. The first-order valence-electron chi connectivity index (χ1n) is 5.19. The van der Waals surface area contributed by atoms with Crippen molar-refractivity contribution in [1.82, 2.24) is 0 Å².